The van der Waals surface area contributed by atoms with Crippen LogP contribution in [0.3, 0.4) is 0 Å². The topological polar surface area (TPSA) is 228 Å². The average Bonchev–Trinajstić information content (AvgIpc) is 3.40. The number of hydrogen-bond donors (Lipinski definition) is 2. The number of unbranched alkanes of at least 4 members (excludes halogenated alkanes) is 1. The van der Waals surface area contributed by atoms with Gasteiger partial charge in [0, 0.05) is 82.1 Å². The van der Waals surface area contributed by atoms with E-state index in [1.54, 1.807) is 129 Å². The van der Waals surface area contributed by atoms with Crippen molar-refractivity contribution >= 4 is 54.6 Å². The van der Waals surface area contributed by atoms with E-state index >= 15 is 0 Å². The number of rotatable bonds is 28. The van der Waals surface area contributed by atoms with Crippen molar-refractivity contribution in [3.05, 3.63) is 132 Å². The van der Waals surface area contributed by atoms with Gasteiger partial charge in [0.05, 0.1) is 57.2 Å². The predicted molar refractivity (Wildman–Crippen MR) is 286 cm³/mol. The molecule has 1 fully saturated rings. The summed E-state index contributed by atoms with van der Waals surface area (Å²) >= 11 is 0. The van der Waals surface area contributed by atoms with Gasteiger partial charge in [0.1, 0.15) is 5.75 Å². The van der Waals surface area contributed by atoms with E-state index in [-0.39, 0.29) is 138 Å². The summed E-state index contributed by atoms with van der Waals surface area (Å²) in [6.45, 7) is 6.49. The van der Waals surface area contributed by atoms with Crippen LogP contribution < -0.4 is 14.8 Å². The molecule has 3 atom stereocenters. The van der Waals surface area contributed by atoms with Crippen molar-refractivity contribution in [3.8, 4) is 5.75 Å². The van der Waals surface area contributed by atoms with Gasteiger partial charge in [-0.2, -0.15) is 0 Å². The van der Waals surface area contributed by atoms with E-state index < -0.39 is 48.7 Å². The quantitative estimate of drug-likeness (QED) is 0.0416. The molecule has 404 valence electrons. The Morgan fingerprint density at radius 1 is 0.500 bits per heavy atom. The van der Waals surface area contributed by atoms with Crippen molar-refractivity contribution in [1.82, 2.24) is 29.6 Å². The van der Waals surface area contributed by atoms with Crippen LogP contribution in [-0.4, -0.2) is 168 Å². The fourth-order valence-corrected chi connectivity index (χ4v) is 15.5. The first-order chi connectivity index (χ1) is 35.5. The third-order valence-electron chi connectivity index (χ3n) is 12.0. The van der Waals surface area contributed by atoms with Crippen molar-refractivity contribution in [3.63, 3.8) is 0 Å². The summed E-state index contributed by atoms with van der Waals surface area (Å²) in [7, 11) is -14.5. The largest absolute Gasteiger partial charge is 0.497 e. The van der Waals surface area contributed by atoms with Gasteiger partial charge in [-0.25, -0.2) is 13.1 Å². The molecule has 3 unspecified atom stereocenters. The number of methoxy groups -OCH3 is 1. The molecule has 1 aliphatic rings. The number of amides is 1. The Hall–Kier alpha value is -4.52. The second-order valence-electron chi connectivity index (χ2n) is 17.5. The van der Waals surface area contributed by atoms with Crippen LogP contribution >= 0.6 is 22.1 Å². The lowest BCUT2D eigenvalue weighted by Crippen LogP contribution is -2.48. The molecule has 4 aromatic rings. The normalized spacial score (nSPS) is 17.4. The fourth-order valence-electron chi connectivity index (χ4n) is 8.18. The third kappa shape index (κ3) is 18.1. The molecule has 1 aliphatic heterocycles. The molecular weight excluding hydrogens is 1030 g/mol. The first-order valence-corrected chi connectivity index (χ1v) is 31.7. The van der Waals surface area contributed by atoms with E-state index in [2.05, 4.69) is 10.0 Å². The van der Waals surface area contributed by atoms with Crippen molar-refractivity contribution < 1.29 is 59.6 Å². The molecule has 4 aromatic carbocycles. The van der Waals surface area contributed by atoms with E-state index in [4.69, 9.17) is 18.3 Å². The van der Waals surface area contributed by atoms with E-state index in [0.29, 0.717) is 18.6 Å². The van der Waals surface area contributed by atoms with Crippen LogP contribution in [0.25, 0.3) is 0 Å². The van der Waals surface area contributed by atoms with Crippen LogP contribution in [0.5, 0.6) is 5.75 Å². The summed E-state index contributed by atoms with van der Waals surface area (Å²) in [4.78, 5) is 63.1. The molecule has 1 heterocycles. The van der Waals surface area contributed by atoms with Gasteiger partial charge in [-0.05, 0) is 57.9 Å². The fraction of sp³-hybridized carbons (Fsp3) is 0.451. The van der Waals surface area contributed by atoms with Gasteiger partial charge in [-0.1, -0.05) is 91.0 Å². The first kappa shape index (κ1) is 60.3. The molecule has 0 aliphatic carbocycles. The van der Waals surface area contributed by atoms with Crippen LogP contribution in [0.4, 0.5) is 0 Å². The van der Waals surface area contributed by atoms with E-state index in [0.717, 1.165) is 0 Å². The van der Waals surface area contributed by atoms with Gasteiger partial charge >= 0.3 is 0 Å². The van der Waals surface area contributed by atoms with Gasteiger partial charge in [0.15, 0.2) is 0 Å². The molecule has 2 N–H and O–H groups in total. The Balaban J connectivity index is 1.41. The van der Waals surface area contributed by atoms with E-state index in [9.17, 15) is 41.3 Å². The average molecular weight is 1100 g/mol. The predicted octanol–water partition coefficient (Wildman–Crippen LogP) is 7.43. The van der Waals surface area contributed by atoms with Gasteiger partial charge in [-0.3, -0.25) is 52.5 Å². The van der Waals surface area contributed by atoms with Crippen LogP contribution in [0, 0.1) is 0 Å². The molecule has 0 radical (unpaired) electrons. The van der Waals surface area contributed by atoms with Crippen LogP contribution in [0.2, 0.25) is 0 Å². The molecule has 23 heteroatoms. The second kappa shape index (κ2) is 29.7. The minimum Gasteiger partial charge on any atom is -0.497 e. The zero-order chi connectivity index (χ0) is 53.6. The van der Waals surface area contributed by atoms with Crippen LogP contribution in [0.15, 0.2) is 120 Å². The molecular formula is C51H71N6O13P3S. The summed E-state index contributed by atoms with van der Waals surface area (Å²) in [6.07, 6.45) is 0.00948. The van der Waals surface area contributed by atoms with Crippen LogP contribution in [0.1, 0.15) is 64.7 Å². The smallest absolute Gasteiger partial charge is 0.285 e. The number of nitrogens with zero attached hydrogens (tertiary/aromatic N) is 4. The minimum atomic E-state index is -4.10. The zero-order valence-electron chi connectivity index (χ0n) is 42.8. The molecule has 0 bridgehead atoms. The highest BCUT2D eigenvalue weighted by Gasteiger charge is 2.40. The molecule has 0 saturated carbocycles. The summed E-state index contributed by atoms with van der Waals surface area (Å²) in [5, 5.41) is 2.93. The number of hydrogen-bond acceptors (Lipinski definition) is 17. The Bertz CT molecular complexity index is 2600. The lowest BCUT2D eigenvalue weighted by atomic mass is 10.2. The monoisotopic (exact) mass is 1100 g/mol. The number of benzene rings is 4. The highest BCUT2D eigenvalue weighted by Crippen LogP contribution is 2.53. The molecule has 0 spiro atoms. The number of carbonyl (C=O) groups excluding carboxylic acids is 4. The SMILES string of the molecule is CCOP(=O)(CN1CCN(CC(=O)NCCCCNS(=O)(=O)c2ccc(OC)cc2)CCN(CP(=O)(OCC)C(=O)c2ccccc2)CCN(CP(=O)(OCC)C(=O)c2ccccc2)CC1)C(=O)c1ccccc1. The maximum atomic E-state index is 14.8. The lowest BCUT2D eigenvalue weighted by molar-refractivity contribution is -0.122. The molecule has 74 heavy (non-hydrogen) atoms. The lowest BCUT2D eigenvalue weighted by Gasteiger charge is -2.36. The summed E-state index contributed by atoms with van der Waals surface area (Å²) < 4.78 is 95.2. The number of nitrogens with one attached hydrogen (secondary N) is 2. The molecule has 1 saturated heterocycles. The molecule has 19 nitrogen and oxygen atoms in total. The summed E-state index contributed by atoms with van der Waals surface area (Å²) in [6, 6.07) is 30.7. The minimum absolute atomic E-state index is 0.00992. The van der Waals surface area contributed by atoms with Gasteiger partial charge in [0.25, 0.3) is 22.1 Å². The Morgan fingerprint density at radius 2 is 0.838 bits per heavy atom. The Kier molecular flexibility index (Phi) is 24.2. The molecule has 1 amide bonds. The van der Waals surface area contributed by atoms with E-state index in [1.807, 2.05) is 14.7 Å². The Morgan fingerprint density at radius 3 is 1.18 bits per heavy atom. The first-order valence-electron chi connectivity index (χ1n) is 24.8. The maximum absolute atomic E-state index is 14.8. The van der Waals surface area contributed by atoms with Crippen molar-refractivity contribution in [2.45, 2.75) is 38.5 Å². The standard InChI is InChI=1S/C51H71N6O13P3S/c1-5-68-71(62,49(59)43-19-11-8-12-20-43)40-55-33-31-54(39-48(58)52-29-17-18-30-53-74(65,66)47-27-25-46(67-4)26-28-47)32-34-56(41-72(63,69-6-2)50(60)44-21-13-9-14-22-44)36-38-57(37-35-55)42-73(64,70-7-3)51(61)45-23-15-10-16-24-45/h8-16,19-28,53H,5-7,17-18,29-42H2,1-4H3,(H,52,58). The Labute approximate surface area is 436 Å². The van der Waals surface area contributed by atoms with E-state index in [1.165, 1.54) is 19.2 Å². The van der Waals surface area contributed by atoms with Gasteiger partial charge in [0.2, 0.25) is 32.5 Å². The second-order valence-corrected chi connectivity index (χ2v) is 26.1. The number of carbonyl (C=O) groups is 4. The summed E-state index contributed by atoms with van der Waals surface area (Å²) in [5.74, 6) is 0.203. The zero-order valence-corrected chi connectivity index (χ0v) is 46.3. The highest BCUT2D eigenvalue weighted by atomic mass is 32.2. The number of ether oxygens (including phenoxy) is 1. The summed E-state index contributed by atoms with van der Waals surface area (Å²) in [5.41, 5.74) is -1.30. The molecule has 0 aromatic heterocycles. The van der Waals surface area contributed by atoms with Crippen molar-refractivity contribution in [2.24, 2.45) is 0 Å². The van der Waals surface area contributed by atoms with Crippen molar-refractivity contribution in [2.75, 3.05) is 118 Å². The van der Waals surface area contributed by atoms with Crippen LogP contribution in [-0.2, 0) is 42.1 Å². The van der Waals surface area contributed by atoms with Crippen molar-refractivity contribution in [1.29, 1.82) is 0 Å². The number of sulfonamides is 1. The van der Waals surface area contributed by atoms with Gasteiger partial charge < -0.3 is 23.6 Å². The highest BCUT2D eigenvalue weighted by molar-refractivity contribution is 7.89. The maximum Gasteiger partial charge on any atom is 0.285 e. The third-order valence-corrected chi connectivity index (χ3v) is 20.5. The molecule has 5 rings (SSSR count). The van der Waals surface area contributed by atoms with Gasteiger partial charge in [-0.15, -0.1) is 0 Å².